The highest BCUT2D eigenvalue weighted by atomic mass is 16.5. The summed E-state index contributed by atoms with van der Waals surface area (Å²) in [6.45, 7) is 0. The normalized spacial score (nSPS) is 29.9. The van der Waals surface area contributed by atoms with Crippen LogP contribution in [0.3, 0.4) is 0 Å². The molecule has 25 heavy (non-hydrogen) atoms. The van der Waals surface area contributed by atoms with Crippen molar-refractivity contribution in [3.8, 4) is 11.8 Å². The molecule has 134 valence electrons. The van der Waals surface area contributed by atoms with E-state index in [2.05, 4.69) is 6.07 Å². The number of aliphatic carboxylic acids is 1. The number of carboxylic acid groups (broad SMARTS) is 1. The molecule has 3 unspecified atom stereocenters. The Morgan fingerprint density at radius 1 is 1.24 bits per heavy atom. The zero-order valence-corrected chi connectivity index (χ0v) is 14.6. The summed E-state index contributed by atoms with van der Waals surface area (Å²) < 4.78 is 11.5. The van der Waals surface area contributed by atoms with Gasteiger partial charge in [0.15, 0.2) is 0 Å². The van der Waals surface area contributed by atoms with Crippen molar-refractivity contribution in [1.29, 1.82) is 5.26 Å². The average Bonchev–Trinajstić information content (AvgIpc) is 3.15. The molecule has 2 aliphatic rings. The smallest absolute Gasteiger partial charge is 0.306 e. The lowest BCUT2D eigenvalue weighted by atomic mass is 9.65. The molecule has 5 heteroatoms. The fraction of sp³-hybridized carbons (Fsp3) is 0.600. The van der Waals surface area contributed by atoms with E-state index in [0.717, 1.165) is 37.0 Å². The minimum Gasteiger partial charge on any atom is -0.497 e. The summed E-state index contributed by atoms with van der Waals surface area (Å²) in [6, 6.07) is 10.0. The molecule has 3 atom stereocenters. The van der Waals surface area contributed by atoms with Gasteiger partial charge in [-0.15, -0.1) is 0 Å². The van der Waals surface area contributed by atoms with Gasteiger partial charge in [0.2, 0.25) is 0 Å². The quantitative estimate of drug-likeness (QED) is 0.882. The van der Waals surface area contributed by atoms with E-state index in [-0.39, 0.29) is 12.2 Å². The highest BCUT2D eigenvalue weighted by Crippen LogP contribution is 2.45. The van der Waals surface area contributed by atoms with Crippen molar-refractivity contribution < 1.29 is 19.4 Å². The first-order chi connectivity index (χ1) is 12.1. The summed E-state index contributed by atoms with van der Waals surface area (Å²) in [7, 11) is 1.61. The van der Waals surface area contributed by atoms with E-state index in [4.69, 9.17) is 9.47 Å². The molecule has 1 N–H and O–H groups in total. The van der Waals surface area contributed by atoms with Gasteiger partial charge in [0.25, 0.3) is 0 Å². The maximum Gasteiger partial charge on any atom is 0.306 e. The summed E-state index contributed by atoms with van der Waals surface area (Å²) in [5.41, 5.74) is 0.100. The molecule has 5 nitrogen and oxygen atoms in total. The van der Waals surface area contributed by atoms with E-state index in [9.17, 15) is 15.2 Å². The van der Waals surface area contributed by atoms with Crippen molar-refractivity contribution in [2.75, 3.05) is 7.11 Å². The third-order valence-corrected chi connectivity index (χ3v) is 5.75. The van der Waals surface area contributed by atoms with Crippen molar-refractivity contribution in [1.82, 2.24) is 0 Å². The van der Waals surface area contributed by atoms with Gasteiger partial charge < -0.3 is 14.6 Å². The van der Waals surface area contributed by atoms with Crippen LogP contribution in [-0.2, 0) is 14.9 Å². The minimum absolute atomic E-state index is 0.142. The van der Waals surface area contributed by atoms with E-state index < -0.39 is 17.3 Å². The first-order valence-electron chi connectivity index (χ1n) is 9.03. The van der Waals surface area contributed by atoms with Crippen molar-refractivity contribution >= 4 is 5.97 Å². The van der Waals surface area contributed by atoms with Crippen LogP contribution in [0.1, 0.15) is 50.5 Å². The molecule has 0 amide bonds. The Labute approximate surface area is 148 Å². The standard InChI is InChI=1S/C20H25NO4/c1-24-16-8-6-15(7-9-16)20(13-21)11-10-14(19(22)23)12-18(20)25-17-4-2-3-5-17/h6-9,14,17-18H,2-5,10-12H2,1H3,(H,22,23). The molecule has 0 aliphatic heterocycles. The lowest BCUT2D eigenvalue weighted by Crippen LogP contribution is -2.47. The van der Waals surface area contributed by atoms with Crippen molar-refractivity contribution in [2.24, 2.45) is 5.92 Å². The number of hydrogen-bond donors (Lipinski definition) is 1. The molecule has 0 radical (unpaired) electrons. The van der Waals surface area contributed by atoms with Crippen molar-refractivity contribution in [3.05, 3.63) is 29.8 Å². The van der Waals surface area contributed by atoms with Crippen LogP contribution >= 0.6 is 0 Å². The first kappa shape index (κ1) is 17.8. The Bertz CT molecular complexity index is 645. The van der Waals surface area contributed by atoms with Crippen LogP contribution in [0.5, 0.6) is 5.75 Å². The monoisotopic (exact) mass is 343 g/mol. The minimum atomic E-state index is -0.791. The Morgan fingerprint density at radius 3 is 2.48 bits per heavy atom. The van der Waals surface area contributed by atoms with Gasteiger partial charge in [-0.05, 0) is 49.8 Å². The molecule has 0 heterocycles. The average molecular weight is 343 g/mol. The Hall–Kier alpha value is -2.06. The third kappa shape index (κ3) is 3.50. The molecule has 1 aromatic rings. The molecule has 2 aliphatic carbocycles. The zero-order chi connectivity index (χ0) is 17.9. The van der Waals surface area contributed by atoms with E-state index in [1.165, 1.54) is 0 Å². The Morgan fingerprint density at radius 2 is 1.92 bits per heavy atom. The number of rotatable bonds is 5. The molecule has 0 bridgehead atoms. The van der Waals surface area contributed by atoms with Gasteiger partial charge >= 0.3 is 5.97 Å². The second-order valence-corrected chi connectivity index (χ2v) is 7.15. The van der Waals surface area contributed by atoms with Gasteiger partial charge in [0, 0.05) is 0 Å². The highest BCUT2D eigenvalue weighted by molar-refractivity contribution is 5.70. The van der Waals surface area contributed by atoms with Gasteiger partial charge in [0.1, 0.15) is 11.2 Å². The molecule has 0 aromatic heterocycles. The Kier molecular flexibility index (Phi) is 5.29. The van der Waals surface area contributed by atoms with Crippen LogP contribution < -0.4 is 4.74 Å². The number of benzene rings is 1. The van der Waals surface area contributed by atoms with Crippen LogP contribution in [0, 0.1) is 17.2 Å². The van der Waals surface area contributed by atoms with Gasteiger partial charge in [-0.1, -0.05) is 25.0 Å². The van der Waals surface area contributed by atoms with E-state index in [1.807, 2.05) is 24.3 Å². The number of nitrogens with zero attached hydrogens (tertiary/aromatic N) is 1. The highest BCUT2D eigenvalue weighted by Gasteiger charge is 2.48. The van der Waals surface area contributed by atoms with Crippen LogP contribution in [-0.4, -0.2) is 30.4 Å². The van der Waals surface area contributed by atoms with Crippen molar-refractivity contribution in [2.45, 2.75) is 62.6 Å². The maximum absolute atomic E-state index is 11.5. The summed E-state index contributed by atoms with van der Waals surface area (Å²) >= 11 is 0. The second kappa shape index (κ2) is 7.45. The first-order valence-corrected chi connectivity index (χ1v) is 9.03. The Balaban J connectivity index is 1.91. The lowest BCUT2D eigenvalue weighted by molar-refractivity contribution is -0.147. The SMILES string of the molecule is COc1ccc(C2(C#N)CCC(C(=O)O)CC2OC2CCCC2)cc1. The van der Waals surface area contributed by atoms with Gasteiger partial charge in [-0.3, -0.25) is 4.79 Å². The van der Waals surface area contributed by atoms with E-state index in [1.54, 1.807) is 7.11 Å². The summed E-state index contributed by atoms with van der Waals surface area (Å²) in [6.07, 6.45) is 5.43. The van der Waals surface area contributed by atoms with E-state index >= 15 is 0 Å². The summed E-state index contributed by atoms with van der Waals surface area (Å²) in [5, 5.41) is 19.5. The molecule has 0 spiro atoms. The maximum atomic E-state index is 11.5. The predicted octanol–water partition coefficient (Wildman–Crippen LogP) is 3.67. The zero-order valence-electron chi connectivity index (χ0n) is 14.6. The molecule has 2 fully saturated rings. The van der Waals surface area contributed by atoms with Gasteiger partial charge in [-0.25, -0.2) is 0 Å². The number of carboxylic acids is 1. The second-order valence-electron chi connectivity index (χ2n) is 7.15. The number of carbonyl (C=O) groups is 1. The van der Waals surface area contributed by atoms with Crippen LogP contribution in [0.25, 0.3) is 0 Å². The van der Waals surface area contributed by atoms with Gasteiger partial charge in [0.05, 0.1) is 31.3 Å². The molecule has 0 saturated heterocycles. The fourth-order valence-electron chi connectivity index (χ4n) is 4.20. The molecular formula is C20H25NO4. The summed E-state index contributed by atoms with van der Waals surface area (Å²) in [5.74, 6) is -0.489. The van der Waals surface area contributed by atoms with Crippen LogP contribution in [0.15, 0.2) is 24.3 Å². The molecule has 3 rings (SSSR count). The fourth-order valence-corrected chi connectivity index (χ4v) is 4.20. The largest absolute Gasteiger partial charge is 0.497 e. The number of ether oxygens (including phenoxy) is 2. The number of hydrogen-bond acceptors (Lipinski definition) is 4. The lowest BCUT2D eigenvalue weighted by Gasteiger charge is -2.42. The molecule has 2 saturated carbocycles. The van der Waals surface area contributed by atoms with Crippen LogP contribution in [0.4, 0.5) is 0 Å². The predicted molar refractivity (Wildman–Crippen MR) is 92.4 cm³/mol. The number of methoxy groups -OCH3 is 1. The summed E-state index contributed by atoms with van der Waals surface area (Å²) in [4.78, 5) is 11.5. The van der Waals surface area contributed by atoms with Crippen LogP contribution in [0.2, 0.25) is 0 Å². The third-order valence-electron chi connectivity index (χ3n) is 5.75. The number of nitriles is 1. The van der Waals surface area contributed by atoms with Gasteiger partial charge in [-0.2, -0.15) is 5.26 Å². The molecular weight excluding hydrogens is 318 g/mol. The van der Waals surface area contributed by atoms with E-state index in [0.29, 0.717) is 19.3 Å². The molecule has 1 aromatic carbocycles. The topological polar surface area (TPSA) is 79.5 Å². The van der Waals surface area contributed by atoms with Crippen molar-refractivity contribution in [3.63, 3.8) is 0 Å².